The predicted octanol–water partition coefficient (Wildman–Crippen LogP) is 6.43. The number of hydrogen-bond acceptors (Lipinski definition) is 6. The highest BCUT2D eigenvalue weighted by Gasteiger charge is 2.23. The van der Waals surface area contributed by atoms with Crippen molar-refractivity contribution < 1.29 is 17.6 Å². The molecule has 0 spiro atoms. The first-order chi connectivity index (χ1) is 15.4. The highest BCUT2D eigenvalue weighted by atomic mass is 35.5. The summed E-state index contributed by atoms with van der Waals surface area (Å²) in [4.78, 5) is 12.5. The average molecular weight is 466 g/mol. The summed E-state index contributed by atoms with van der Waals surface area (Å²) in [5.41, 5.74) is 1.83. The van der Waals surface area contributed by atoms with Gasteiger partial charge >= 0.3 is 0 Å². The Morgan fingerprint density at radius 1 is 0.781 bits per heavy atom. The quantitative estimate of drug-likeness (QED) is 0.331. The smallest absolute Gasteiger partial charge is 0.291 e. The van der Waals surface area contributed by atoms with Gasteiger partial charge in [0.15, 0.2) is 5.76 Å². The molecule has 1 amide bonds. The van der Waals surface area contributed by atoms with Gasteiger partial charge in [-0.25, -0.2) is 8.42 Å². The summed E-state index contributed by atoms with van der Waals surface area (Å²) >= 11 is 5.80. The third-order valence-corrected chi connectivity index (χ3v) is 6.25. The maximum absolute atomic E-state index is 12.7. The van der Waals surface area contributed by atoms with Gasteiger partial charge in [0.05, 0.1) is 16.3 Å². The van der Waals surface area contributed by atoms with E-state index in [1.165, 1.54) is 36.4 Å². The molecule has 1 heterocycles. The first-order valence-electron chi connectivity index (χ1n) is 9.40. The number of nitrogens with zero attached hydrogens (tertiary/aromatic N) is 2. The SMILES string of the molecule is O=C(Nc1ccc(N=Nc2ccccc2)cc1)c1ccc(S(=O)(=O)c2ccc(Cl)cc2)o1. The molecule has 0 fully saturated rings. The Morgan fingerprint density at radius 3 is 2.06 bits per heavy atom. The lowest BCUT2D eigenvalue weighted by atomic mass is 10.3. The summed E-state index contributed by atoms with van der Waals surface area (Å²) in [7, 11) is -3.90. The number of nitrogens with one attached hydrogen (secondary N) is 1. The van der Waals surface area contributed by atoms with Crippen molar-refractivity contribution in [1.29, 1.82) is 0 Å². The Hall–Kier alpha value is -3.75. The van der Waals surface area contributed by atoms with Crippen LogP contribution in [-0.4, -0.2) is 14.3 Å². The third kappa shape index (κ3) is 4.93. The van der Waals surface area contributed by atoms with Gasteiger partial charge in [0.1, 0.15) is 0 Å². The summed E-state index contributed by atoms with van der Waals surface area (Å²) in [6.45, 7) is 0. The van der Waals surface area contributed by atoms with Gasteiger partial charge in [-0.05, 0) is 72.8 Å². The Bertz CT molecular complexity index is 1370. The molecule has 32 heavy (non-hydrogen) atoms. The van der Waals surface area contributed by atoms with Crippen molar-refractivity contribution in [3.05, 3.63) is 102 Å². The summed E-state index contributed by atoms with van der Waals surface area (Å²) in [5, 5.41) is 11.0. The highest BCUT2D eigenvalue weighted by molar-refractivity contribution is 7.91. The molecule has 0 aliphatic rings. The lowest BCUT2D eigenvalue weighted by Gasteiger charge is -2.04. The molecule has 0 saturated heterocycles. The number of benzene rings is 3. The molecule has 7 nitrogen and oxygen atoms in total. The largest absolute Gasteiger partial charge is 0.439 e. The molecule has 0 unspecified atom stereocenters. The fraction of sp³-hybridized carbons (Fsp3) is 0. The van der Waals surface area contributed by atoms with Gasteiger partial charge in [-0.15, -0.1) is 0 Å². The van der Waals surface area contributed by atoms with Gasteiger partial charge in [-0.1, -0.05) is 29.8 Å². The van der Waals surface area contributed by atoms with Crippen LogP contribution in [0, 0.1) is 0 Å². The molecule has 0 aliphatic heterocycles. The molecular formula is C23H16ClN3O4S. The zero-order valence-electron chi connectivity index (χ0n) is 16.5. The van der Waals surface area contributed by atoms with Crippen LogP contribution in [0.15, 0.2) is 116 Å². The highest BCUT2D eigenvalue weighted by Crippen LogP contribution is 2.25. The maximum Gasteiger partial charge on any atom is 0.291 e. The van der Waals surface area contributed by atoms with Crippen molar-refractivity contribution in [1.82, 2.24) is 0 Å². The minimum absolute atomic E-state index is 0.0171. The molecule has 0 saturated carbocycles. The van der Waals surface area contributed by atoms with Crippen molar-refractivity contribution in [2.24, 2.45) is 10.2 Å². The first-order valence-corrected chi connectivity index (χ1v) is 11.3. The molecular weight excluding hydrogens is 450 g/mol. The van der Waals surface area contributed by atoms with E-state index in [2.05, 4.69) is 15.5 Å². The molecule has 9 heteroatoms. The lowest BCUT2D eigenvalue weighted by Crippen LogP contribution is -2.10. The number of furan rings is 1. The van der Waals surface area contributed by atoms with Crippen molar-refractivity contribution in [3.8, 4) is 0 Å². The minimum atomic E-state index is -3.90. The topological polar surface area (TPSA) is 101 Å². The molecule has 160 valence electrons. The van der Waals surface area contributed by atoms with E-state index in [0.717, 1.165) is 5.69 Å². The van der Waals surface area contributed by atoms with Crippen molar-refractivity contribution in [3.63, 3.8) is 0 Å². The fourth-order valence-electron chi connectivity index (χ4n) is 2.73. The summed E-state index contributed by atoms with van der Waals surface area (Å²) in [5.74, 6) is -0.716. The van der Waals surface area contributed by atoms with E-state index in [-0.39, 0.29) is 15.7 Å². The van der Waals surface area contributed by atoms with Crippen LogP contribution in [0.3, 0.4) is 0 Å². The number of hydrogen-bond donors (Lipinski definition) is 1. The number of azo groups is 1. The standard InChI is InChI=1S/C23H16ClN3O4S/c24-16-6-12-20(13-7-16)32(29,30)22-15-14-21(31-22)23(28)25-17-8-10-19(11-9-17)27-26-18-4-2-1-3-5-18/h1-15H,(H,25,28). The molecule has 4 rings (SSSR count). The first kappa shape index (κ1) is 21.5. The van der Waals surface area contributed by atoms with E-state index in [1.54, 1.807) is 24.3 Å². The molecule has 1 N–H and O–H groups in total. The van der Waals surface area contributed by atoms with Crippen molar-refractivity contribution in [2.45, 2.75) is 9.99 Å². The minimum Gasteiger partial charge on any atom is -0.439 e. The molecule has 1 aromatic heterocycles. The number of anilines is 1. The van der Waals surface area contributed by atoms with Gasteiger partial charge in [0.25, 0.3) is 5.91 Å². The molecule has 4 aromatic rings. The van der Waals surface area contributed by atoms with Crippen LogP contribution < -0.4 is 5.32 Å². The average Bonchev–Trinajstić information content (AvgIpc) is 3.31. The molecule has 0 bridgehead atoms. The van der Waals surface area contributed by atoms with E-state index in [0.29, 0.717) is 16.4 Å². The Kier molecular flexibility index (Phi) is 6.16. The monoisotopic (exact) mass is 465 g/mol. The number of carbonyl (C=O) groups is 1. The van der Waals surface area contributed by atoms with Crippen LogP contribution in [-0.2, 0) is 9.84 Å². The van der Waals surface area contributed by atoms with E-state index in [4.69, 9.17) is 16.0 Å². The normalized spacial score (nSPS) is 11.5. The van der Waals surface area contributed by atoms with Crippen LogP contribution in [0.2, 0.25) is 5.02 Å². The predicted molar refractivity (Wildman–Crippen MR) is 121 cm³/mol. The maximum atomic E-state index is 12.7. The number of carbonyl (C=O) groups excluding carboxylic acids is 1. The van der Waals surface area contributed by atoms with E-state index >= 15 is 0 Å². The van der Waals surface area contributed by atoms with Gasteiger partial charge in [0.2, 0.25) is 14.9 Å². The van der Waals surface area contributed by atoms with Gasteiger partial charge in [-0.2, -0.15) is 10.2 Å². The number of rotatable bonds is 6. The zero-order valence-corrected chi connectivity index (χ0v) is 18.0. The summed E-state index contributed by atoms with van der Waals surface area (Å²) < 4.78 is 30.6. The van der Waals surface area contributed by atoms with Crippen LogP contribution in [0.25, 0.3) is 0 Å². The Morgan fingerprint density at radius 2 is 1.41 bits per heavy atom. The van der Waals surface area contributed by atoms with Crippen LogP contribution in [0.5, 0.6) is 0 Å². The summed E-state index contributed by atoms with van der Waals surface area (Å²) in [6.07, 6.45) is 0. The number of halogens is 1. The van der Waals surface area contributed by atoms with Gasteiger partial charge < -0.3 is 9.73 Å². The van der Waals surface area contributed by atoms with Crippen LogP contribution in [0.4, 0.5) is 17.1 Å². The van der Waals surface area contributed by atoms with E-state index in [9.17, 15) is 13.2 Å². The van der Waals surface area contributed by atoms with Gasteiger partial charge in [-0.3, -0.25) is 4.79 Å². The molecule has 3 aromatic carbocycles. The van der Waals surface area contributed by atoms with Gasteiger partial charge in [0, 0.05) is 10.7 Å². The second-order valence-electron chi connectivity index (χ2n) is 6.61. The van der Waals surface area contributed by atoms with E-state index in [1.807, 2.05) is 30.3 Å². The fourth-order valence-corrected chi connectivity index (χ4v) is 4.03. The second-order valence-corrected chi connectivity index (χ2v) is 8.93. The van der Waals surface area contributed by atoms with Crippen molar-refractivity contribution in [2.75, 3.05) is 5.32 Å². The Labute approximate surface area is 189 Å². The summed E-state index contributed by atoms with van der Waals surface area (Å²) in [6, 6.07) is 24.2. The Balaban J connectivity index is 1.44. The number of sulfone groups is 1. The molecule has 0 atom stereocenters. The van der Waals surface area contributed by atoms with E-state index < -0.39 is 15.7 Å². The number of amides is 1. The zero-order chi connectivity index (χ0) is 22.6. The lowest BCUT2D eigenvalue weighted by molar-refractivity contribution is 0.0991. The van der Waals surface area contributed by atoms with Crippen LogP contribution in [0.1, 0.15) is 10.6 Å². The van der Waals surface area contributed by atoms with Crippen molar-refractivity contribution >= 4 is 44.4 Å². The second kappa shape index (κ2) is 9.17. The van der Waals surface area contributed by atoms with Crippen LogP contribution >= 0.6 is 11.6 Å². The molecule has 0 aliphatic carbocycles. The third-order valence-electron chi connectivity index (χ3n) is 4.36. The molecule has 0 radical (unpaired) electrons.